The zero-order valence-corrected chi connectivity index (χ0v) is 10.1. The third kappa shape index (κ3) is 2.49. The maximum atomic E-state index is 9.45. The Morgan fingerprint density at radius 1 is 1.67 bits per heavy atom. The predicted molar refractivity (Wildman–Crippen MR) is 63.4 cm³/mol. The summed E-state index contributed by atoms with van der Waals surface area (Å²) < 4.78 is 0. The molecule has 0 aliphatic heterocycles. The first-order valence-electron chi connectivity index (χ1n) is 5.62. The molecule has 1 saturated carbocycles. The second kappa shape index (κ2) is 4.49. The minimum absolute atomic E-state index is 0.390. The van der Waals surface area contributed by atoms with E-state index < -0.39 is 0 Å². The van der Waals surface area contributed by atoms with Gasteiger partial charge in [0, 0.05) is 18.8 Å². The van der Waals surface area contributed by atoms with E-state index >= 15 is 0 Å². The van der Waals surface area contributed by atoms with Crippen LogP contribution in [0.5, 0.6) is 0 Å². The minimum atomic E-state index is -0.390. The van der Waals surface area contributed by atoms with Crippen LogP contribution in [0.15, 0.2) is 6.20 Å². The molecule has 1 aromatic rings. The van der Waals surface area contributed by atoms with Crippen molar-refractivity contribution in [1.29, 1.82) is 0 Å². The molecule has 1 unspecified atom stereocenters. The summed E-state index contributed by atoms with van der Waals surface area (Å²) in [6.45, 7) is 5.06. The lowest BCUT2D eigenvalue weighted by Crippen LogP contribution is -2.26. The van der Waals surface area contributed by atoms with Gasteiger partial charge in [0.1, 0.15) is 0 Å². The van der Waals surface area contributed by atoms with Gasteiger partial charge in [-0.3, -0.25) is 0 Å². The zero-order chi connectivity index (χ0) is 10.8. The quantitative estimate of drug-likeness (QED) is 0.838. The molecule has 0 radical (unpaired) electrons. The highest BCUT2D eigenvalue weighted by Gasteiger charge is 2.30. The Morgan fingerprint density at radius 2 is 2.40 bits per heavy atom. The molecule has 1 aliphatic carbocycles. The number of hydrogen-bond donors (Lipinski definition) is 1. The molecule has 1 fully saturated rings. The molecule has 0 amide bonds. The molecule has 0 aromatic carbocycles. The normalized spacial score (nSPS) is 17.8. The molecule has 4 heteroatoms. The van der Waals surface area contributed by atoms with Crippen LogP contribution in [-0.2, 0) is 0 Å². The molecule has 3 nitrogen and oxygen atoms in total. The first-order chi connectivity index (χ1) is 7.22. The van der Waals surface area contributed by atoms with Crippen LogP contribution in [0.4, 0.5) is 5.13 Å². The fourth-order valence-corrected chi connectivity index (χ4v) is 2.61. The van der Waals surface area contributed by atoms with E-state index in [1.807, 2.05) is 0 Å². The average molecular weight is 226 g/mol. The molecule has 1 atom stereocenters. The summed E-state index contributed by atoms with van der Waals surface area (Å²) in [5, 5.41) is 10.5. The topological polar surface area (TPSA) is 36.4 Å². The molecule has 15 heavy (non-hydrogen) atoms. The lowest BCUT2D eigenvalue weighted by atomic mass is 10.4. The number of hydrogen-bond acceptors (Lipinski definition) is 4. The molecule has 2 rings (SSSR count). The highest BCUT2D eigenvalue weighted by atomic mass is 32.1. The maximum absolute atomic E-state index is 9.45. The maximum Gasteiger partial charge on any atom is 0.185 e. The van der Waals surface area contributed by atoms with Gasteiger partial charge in [0.05, 0.1) is 11.0 Å². The fourth-order valence-electron chi connectivity index (χ4n) is 1.66. The lowest BCUT2D eigenvalue weighted by molar-refractivity contribution is 0.203. The molecule has 0 spiro atoms. The summed E-state index contributed by atoms with van der Waals surface area (Å²) >= 11 is 1.62. The third-order valence-corrected chi connectivity index (χ3v) is 3.83. The van der Waals surface area contributed by atoms with Crippen molar-refractivity contribution in [3.63, 3.8) is 0 Å². The SMILES string of the molecule is CCCN(c1ncc(C(C)O)s1)C1CC1. The number of aliphatic hydroxyl groups excluding tert-OH is 1. The Balaban J connectivity index is 2.10. The van der Waals surface area contributed by atoms with Gasteiger partial charge in [-0.2, -0.15) is 0 Å². The van der Waals surface area contributed by atoms with Crippen molar-refractivity contribution in [1.82, 2.24) is 4.98 Å². The molecule has 0 saturated heterocycles. The molecule has 0 bridgehead atoms. The van der Waals surface area contributed by atoms with Gasteiger partial charge in [-0.25, -0.2) is 4.98 Å². The number of thiazole rings is 1. The smallest absolute Gasteiger partial charge is 0.185 e. The van der Waals surface area contributed by atoms with Crippen molar-refractivity contribution in [3.8, 4) is 0 Å². The largest absolute Gasteiger partial charge is 0.388 e. The van der Waals surface area contributed by atoms with Crippen molar-refractivity contribution in [2.24, 2.45) is 0 Å². The van der Waals surface area contributed by atoms with E-state index in [4.69, 9.17) is 0 Å². The monoisotopic (exact) mass is 226 g/mol. The van der Waals surface area contributed by atoms with E-state index in [1.54, 1.807) is 24.5 Å². The fraction of sp³-hybridized carbons (Fsp3) is 0.727. The highest BCUT2D eigenvalue weighted by Crippen LogP contribution is 2.35. The Morgan fingerprint density at radius 3 is 2.87 bits per heavy atom. The molecular weight excluding hydrogens is 208 g/mol. The second-order valence-electron chi connectivity index (χ2n) is 4.15. The van der Waals surface area contributed by atoms with Crippen LogP contribution >= 0.6 is 11.3 Å². The van der Waals surface area contributed by atoms with Crippen molar-refractivity contribution in [2.45, 2.75) is 45.3 Å². The van der Waals surface area contributed by atoms with Crippen molar-refractivity contribution < 1.29 is 5.11 Å². The summed E-state index contributed by atoms with van der Waals surface area (Å²) in [6.07, 6.45) is 5.15. The molecule has 1 N–H and O–H groups in total. The van der Waals surface area contributed by atoms with Gasteiger partial charge in [0.2, 0.25) is 0 Å². The Hall–Kier alpha value is -0.610. The van der Waals surface area contributed by atoms with Gasteiger partial charge in [0.25, 0.3) is 0 Å². The second-order valence-corrected chi connectivity index (χ2v) is 5.19. The van der Waals surface area contributed by atoms with Gasteiger partial charge in [0.15, 0.2) is 5.13 Å². The molecule has 1 aromatic heterocycles. The summed E-state index contributed by atoms with van der Waals surface area (Å²) in [7, 11) is 0. The van der Waals surface area contributed by atoms with E-state index in [2.05, 4.69) is 16.8 Å². The standard InChI is InChI=1S/C11H18N2OS/c1-3-6-13(9-4-5-9)11-12-7-10(15-11)8(2)14/h7-9,14H,3-6H2,1-2H3. The number of anilines is 1. The summed E-state index contributed by atoms with van der Waals surface area (Å²) in [5.41, 5.74) is 0. The zero-order valence-electron chi connectivity index (χ0n) is 9.31. The Kier molecular flexibility index (Phi) is 3.26. The van der Waals surface area contributed by atoms with E-state index in [1.165, 1.54) is 12.8 Å². The van der Waals surface area contributed by atoms with Gasteiger partial charge >= 0.3 is 0 Å². The van der Waals surface area contributed by atoms with E-state index in [0.29, 0.717) is 6.04 Å². The number of aromatic nitrogens is 1. The van der Waals surface area contributed by atoms with Crippen molar-refractivity contribution >= 4 is 16.5 Å². The molecule has 1 heterocycles. The molecule has 1 aliphatic rings. The van der Waals surface area contributed by atoms with Crippen LogP contribution in [0, 0.1) is 0 Å². The first-order valence-corrected chi connectivity index (χ1v) is 6.44. The highest BCUT2D eigenvalue weighted by molar-refractivity contribution is 7.15. The first kappa shape index (κ1) is 10.9. The number of nitrogens with zero attached hydrogens (tertiary/aromatic N) is 2. The summed E-state index contributed by atoms with van der Waals surface area (Å²) in [4.78, 5) is 7.75. The van der Waals surface area contributed by atoms with Crippen molar-refractivity contribution in [2.75, 3.05) is 11.4 Å². The third-order valence-electron chi connectivity index (χ3n) is 2.62. The number of aliphatic hydroxyl groups is 1. The Labute approximate surface area is 94.8 Å². The summed E-state index contributed by atoms with van der Waals surface area (Å²) in [6, 6.07) is 0.706. The van der Waals surface area contributed by atoms with Crippen LogP contribution in [-0.4, -0.2) is 22.7 Å². The van der Waals surface area contributed by atoms with E-state index in [9.17, 15) is 5.11 Å². The van der Waals surface area contributed by atoms with Gasteiger partial charge in [-0.05, 0) is 26.2 Å². The van der Waals surface area contributed by atoms with E-state index in [0.717, 1.165) is 23.0 Å². The average Bonchev–Trinajstić information content (AvgIpc) is 2.91. The lowest BCUT2D eigenvalue weighted by Gasteiger charge is -2.20. The Bertz CT molecular complexity index is 320. The minimum Gasteiger partial charge on any atom is -0.388 e. The summed E-state index contributed by atoms with van der Waals surface area (Å²) in [5.74, 6) is 0. The van der Waals surface area contributed by atoms with E-state index in [-0.39, 0.29) is 6.10 Å². The van der Waals surface area contributed by atoms with Crippen molar-refractivity contribution in [3.05, 3.63) is 11.1 Å². The van der Waals surface area contributed by atoms with Gasteiger partial charge in [-0.15, -0.1) is 0 Å². The molecular formula is C11H18N2OS. The van der Waals surface area contributed by atoms with Crippen LogP contribution < -0.4 is 4.90 Å². The molecule has 84 valence electrons. The van der Waals surface area contributed by atoms with Crippen LogP contribution in [0.2, 0.25) is 0 Å². The predicted octanol–water partition coefficient (Wildman–Crippen LogP) is 2.58. The number of rotatable bonds is 5. The van der Waals surface area contributed by atoms with Crippen LogP contribution in [0.25, 0.3) is 0 Å². The van der Waals surface area contributed by atoms with Crippen LogP contribution in [0.1, 0.15) is 44.1 Å². The van der Waals surface area contributed by atoms with Crippen LogP contribution in [0.3, 0.4) is 0 Å². The van der Waals surface area contributed by atoms with Gasteiger partial charge < -0.3 is 10.0 Å². The van der Waals surface area contributed by atoms with Gasteiger partial charge in [-0.1, -0.05) is 18.3 Å².